The topological polar surface area (TPSA) is 99.3 Å². The van der Waals surface area contributed by atoms with Crippen molar-refractivity contribution in [3.8, 4) is 0 Å². The minimum Gasteiger partial charge on any atom is -0.450 e. The van der Waals surface area contributed by atoms with Crippen LogP contribution in [-0.2, 0) is 26.3 Å². The van der Waals surface area contributed by atoms with E-state index in [1.54, 1.807) is 6.92 Å². The summed E-state index contributed by atoms with van der Waals surface area (Å²) >= 11 is 6.00. The highest BCUT2D eigenvalue weighted by atomic mass is 35.5. The van der Waals surface area contributed by atoms with Crippen LogP contribution in [0.1, 0.15) is 25.3 Å². The lowest BCUT2D eigenvalue weighted by Crippen LogP contribution is -2.56. The number of ether oxygens (including phenoxy) is 1. The third-order valence-electron chi connectivity index (χ3n) is 5.64. The third kappa shape index (κ3) is 5.89. The summed E-state index contributed by atoms with van der Waals surface area (Å²) in [6.45, 7) is 3.42. The van der Waals surface area contributed by atoms with Gasteiger partial charge in [0.25, 0.3) is 10.2 Å². The second-order valence-corrected chi connectivity index (χ2v) is 10.1. The maximum absolute atomic E-state index is 13.2. The molecule has 1 aromatic carbocycles. The van der Waals surface area contributed by atoms with Crippen LogP contribution >= 0.6 is 11.6 Å². The molecule has 0 aliphatic carbocycles. The van der Waals surface area contributed by atoms with E-state index in [-0.39, 0.29) is 56.8 Å². The number of nitrogens with one attached hydrogen (secondary N) is 1. The van der Waals surface area contributed by atoms with Gasteiger partial charge in [-0.1, -0.05) is 17.7 Å². The maximum Gasteiger partial charge on any atom is 0.409 e. The fraction of sp³-hybridized carbons (Fsp3) is 0.600. The van der Waals surface area contributed by atoms with Crippen LogP contribution in [0.2, 0.25) is 5.02 Å². The van der Waals surface area contributed by atoms with E-state index in [1.807, 2.05) is 0 Å². The zero-order valence-electron chi connectivity index (χ0n) is 17.9. The average Bonchev–Trinajstić information content (AvgIpc) is 2.78. The summed E-state index contributed by atoms with van der Waals surface area (Å²) in [5.74, 6) is -1.21. The Morgan fingerprint density at radius 1 is 1.19 bits per heavy atom. The Hall–Kier alpha value is -1.95. The Labute approximate surface area is 192 Å². The lowest BCUT2D eigenvalue weighted by atomic mass is 9.99. The van der Waals surface area contributed by atoms with Crippen molar-refractivity contribution in [1.29, 1.82) is 0 Å². The quantitative estimate of drug-likeness (QED) is 0.655. The van der Waals surface area contributed by atoms with Crippen LogP contribution in [0.3, 0.4) is 0 Å². The van der Waals surface area contributed by atoms with Gasteiger partial charge in [0.05, 0.1) is 12.5 Å². The summed E-state index contributed by atoms with van der Waals surface area (Å²) in [6, 6.07) is 3.95. The molecule has 32 heavy (non-hydrogen) atoms. The maximum atomic E-state index is 13.2. The molecule has 2 aliphatic rings. The Bertz CT molecular complexity index is 940. The second-order valence-electron chi connectivity index (χ2n) is 7.74. The van der Waals surface area contributed by atoms with E-state index in [2.05, 4.69) is 5.32 Å². The minimum absolute atomic E-state index is 0.0867. The highest BCUT2D eigenvalue weighted by Gasteiger charge is 2.37. The Kier molecular flexibility index (Phi) is 8.32. The molecule has 0 aromatic heterocycles. The number of nitrogens with zero attached hydrogens (tertiary/aromatic N) is 3. The normalized spacial score (nSPS) is 20.7. The summed E-state index contributed by atoms with van der Waals surface area (Å²) in [5.41, 5.74) is 0.584. The van der Waals surface area contributed by atoms with Crippen molar-refractivity contribution in [2.75, 3.05) is 45.9 Å². The van der Waals surface area contributed by atoms with Gasteiger partial charge in [0.15, 0.2) is 0 Å². The molecule has 1 atom stereocenters. The van der Waals surface area contributed by atoms with Crippen LogP contribution in [0.4, 0.5) is 9.18 Å². The number of benzene rings is 1. The monoisotopic (exact) mass is 490 g/mol. The third-order valence-corrected chi connectivity index (χ3v) is 7.99. The Morgan fingerprint density at radius 2 is 1.91 bits per heavy atom. The molecule has 1 N–H and O–H groups in total. The molecule has 2 fully saturated rings. The van der Waals surface area contributed by atoms with E-state index in [4.69, 9.17) is 16.3 Å². The number of amides is 2. The molecular weight excluding hydrogens is 463 g/mol. The summed E-state index contributed by atoms with van der Waals surface area (Å²) in [7, 11) is -3.75. The highest BCUT2D eigenvalue weighted by molar-refractivity contribution is 7.86. The highest BCUT2D eigenvalue weighted by Crippen LogP contribution is 2.23. The van der Waals surface area contributed by atoms with Crippen molar-refractivity contribution in [2.45, 2.75) is 26.3 Å². The number of halogens is 2. The van der Waals surface area contributed by atoms with Crippen LogP contribution in [0.15, 0.2) is 18.2 Å². The van der Waals surface area contributed by atoms with Gasteiger partial charge in [0.2, 0.25) is 5.91 Å². The Morgan fingerprint density at radius 3 is 2.56 bits per heavy atom. The number of carbonyl (C=O) groups excluding carboxylic acids is 2. The van der Waals surface area contributed by atoms with E-state index >= 15 is 0 Å². The molecule has 0 bridgehead atoms. The largest absolute Gasteiger partial charge is 0.450 e. The van der Waals surface area contributed by atoms with Gasteiger partial charge in [0, 0.05) is 50.8 Å². The first-order chi connectivity index (χ1) is 15.2. The van der Waals surface area contributed by atoms with Crippen LogP contribution in [0.25, 0.3) is 0 Å². The molecule has 1 aromatic rings. The molecule has 178 valence electrons. The predicted molar refractivity (Wildman–Crippen MR) is 117 cm³/mol. The van der Waals surface area contributed by atoms with Gasteiger partial charge in [-0.2, -0.15) is 17.0 Å². The van der Waals surface area contributed by atoms with Crippen molar-refractivity contribution in [3.05, 3.63) is 34.6 Å². The first-order valence-electron chi connectivity index (χ1n) is 10.6. The smallest absolute Gasteiger partial charge is 0.409 e. The van der Waals surface area contributed by atoms with Gasteiger partial charge < -0.3 is 15.0 Å². The summed E-state index contributed by atoms with van der Waals surface area (Å²) in [6.07, 6.45) is 0.698. The molecule has 2 heterocycles. The number of rotatable bonds is 6. The molecule has 2 amide bonds. The average molecular weight is 491 g/mol. The SMILES string of the molecule is CCOC(=O)N1CCN(S(=O)(=O)N2CCC[C@@H](C(=O)NCc3ccc(F)cc3Cl)C2)CC1. The number of piperidine rings is 1. The number of hydrogen-bond donors (Lipinski definition) is 1. The summed E-state index contributed by atoms with van der Waals surface area (Å²) < 4.78 is 47.0. The van der Waals surface area contributed by atoms with Crippen LogP contribution in [0.5, 0.6) is 0 Å². The van der Waals surface area contributed by atoms with E-state index in [1.165, 1.54) is 31.7 Å². The summed E-state index contributed by atoms with van der Waals surface area (Å²) in [5, 5.41) is 2.99. The number of hydrogen-bond acceptors (Lipinski definition) is 5. The molecule has 0 unspecified atom stereocenters. The van der Waals surface area contributed by atoms with Crippen molar-refractivity contribution >= 4 is 33.8 Å². The zero-order valence-corrected chi connectivity index (χ0v) is 19.5. The molecule has 0 spiro atoms. The van der Waals surface area contributed by atoms with E-state index < -0.39 is 28.0 Å². The van der Waals surface area contributed by atoms with Crippen LogP contribution in [-0.4, -0.2) is 79.8 Å². The molecule has 3 rings (SSSR count). The second kappa shape index (κ2) is 10.8. The Balaban J connectivity index is 1.55. The van der Waals surface area contributed by atoms with Gasteiger partial charge >= 0.3 is 6.09 Å². The lowest BCUT2D eigenvalue weighted by molar-refractivity contribution is -0.126. The van der Waals surface area contributed by atoms with Gasteiger partial charge in [0.1, 0.15) is 5.82 Å². The van der Waals surface area contributed by atoms with Gasteiger partial charge in [-0.25, -0.2) is 9.18 Å². The van der Waals surface area contributed by atoms with E-state index in [9.17, 15) is 22.4 Å². The van der Waals surface area contributed by atoms with Crippen molar-refractivity contribution < 1.29 is 27.1 Å². The molecule has 9 nitrogen and oxygen atoms in total. The molecule has 12 heteroatoms. The molecule has 0 radical (unpaired) electrons. The molecule has 2 saturated heterocycles. The number of carbonyl (C=O) groups is 2. The predicted octanol–water partition coefficient (Wildman–Crippen LogP) is 1.83. The molecule has 2 aliphatic heterocycles. The standard InChI is InChI=1S/C20H28ClFN4O5S/c1-2-31-20(28)24-8-10-25(11-9-24)32(29,30)26-7-3-4-16(14-26)19(27)23-13-15-5-6-17(22)12-18(15)21/h5-6,12,16H,2-4,7-11,13-14H2,1H3,(H,23,27)/t16-/m1/s1. The zero-order chi connectivity index (χ0) is 23.3. The molecular formula is C20H28ClFN4O5S. The van der Waals surface area contributed by atoms with Gasteiger partial charge in [-0.05, 0) is 37.5 Å². The first-order valence-corrected chi connectivity index (χ1v) is 12.4. The van der Waals surface area contributed by atoms with Crippen molar-refractivity contribution in [3.63, 3.8) is 0 Å². The minimum atomic E-state index is -3.75. The van der Waals surface area contributed by atoms with Gasteiger partial charge in [-0.3, -0.25) is 4.79 Å². The van der Waals surface area contributed by atoms with E-state index in [0.717, 1.165) is 0 Å². The lowest BCUT2D eigenvalue weighted by Gasteiger charge is -2.38. The van der Waals surface area contributed by atoms with Crippen LogP contribution in [0, 0.1) is 11.7 Å². The van der Waals surface area contributed by atoms with Crippen molar-refractivity contribution in [1.82, 2.24) is 18.8 Å². The van der Waals surface area contributed by atoms with Gasteiger partial charge in [-0.15, -0.1) is 0 Å². The fourth-order valence-corrected chi connectivity index (χ4v) is 5.75. The van der Waals surface area contributed by atoms with Crippen LogP contribution < -0.4 is 5.32 Å². The van der Waals surface area contributed by atoms with E-state index in [0.29, 0.717) is 24.9 Å². The summed E-state index contributed by atoms with van der Waals surface area (Å²) in [4.78, 5) is 26.0. The number of piperazine rings is 1. The fourth-order valence-electron chi connectivity index (χ4n) is 3.84. The van der Waals surface area contributed by atoms with Crippen molar-refractivity contribution in [2.24, 2.45) is 5.92 Å². The first kappa shape index (κ1) is 24.7. The molecule has 0 saturated carbocycles.